The SMILES string of the molecule is COC1CCC(c2cc(C(=O)O)nc(-c3cncn3C)n2)CC1. The molecule has 0 bridgehead atoms. The van der Waals surface area contributed by atoms with Gasteiger partial charge >= 0.3 is 5.97 Å². The van der Waals surface area contributed by atoms with E-state index in [1.54, 1.807) is 30.3 Å². The predicted molar refractivity (Wildman–Crippen MR) is 83.2 cm³/mol. The fourth-order valence-electron chi connectivity index (χ4n) is 3.07. The maximum absolute atomic E-state index is 11.4. The lowest BCUT2D eigenvalue weighted by molar-refractivity contribution is 0.0651. The van der Waals surface area contributed by atoms with Crippen LogP contribution in [0.15, 0.2) is 18.6 Å². The molecule has 3 rings (SSSR count). The van der Waals surface area contributed by atoms with Gasteiger partial charge < -0.3 is 14.4 Å². The molecular weight excluding hydrogens is 296 g/mol. The average molecular weight is 316 g/mol. The minimum Gasteiger partial charge on any atom is -0.477 e. The van der Waals surface area contributed by atoms with Gasteiger partial charge in [-0.25, -0.2) is 19.7 Å². The number of carbonyl (C=O) groups is 1. The highest BCUT2D eigenvalue weighted by atomic mass is 16.5. The van der Waals surface area contributed by atoms with Crippen LogP contribution in [-0.2, 0) is 11.8 Å². The van der Waals surface area contributed by atoms with E-state index >= 15 is 0 Å². The molecule has 1 aliphatic rings. The molecular formula is C16H20N4O3. The van der Waals surface area contributed by atoms with Crippen molar-refractivity contribution in [1.29, 1.82) is 0 Å². The highest BCUT2D eigenvalue weighted by molar-refractivity contribution is 5.86. The van der Waals surface area contributed by atoms with Gasteiger partial charge in [0, 0.05) is 25.8 Å². The summed E-state index contributed by atoms with van der Waals surface area (Å²) in [5.74, 6) is -0.383. The van der Waals surface area contributed by atoms with Crippen molar-refractivity contribution in [3.05, 3.63) is 30.0 Å². The zero-order valence-electron chi connectivity index (χ0n) is 13.3. The van der Waals surface area contributed by atoms with Crippen molar-refractivity contribution in [2.45, 2.75) is 37.7 Å². The largest absolute Gasteiger partial charge is 0.477 e. The summed E-state index contributed by atoms with van der Waals surface area (Å²) in [6.07, 6.45) is 7.41. The number of carboxylic acid groups (broad SMARTS) is 1. The number of imidazole rings is 1. The molecule has 23 heavy (non-hydrogen) atoms. The van der Waals surface area contributed by atoms with Crippen LogP contribution in [0, 0.1) is 0 Å². The molecule has 7 nitrogen and oxygen atoms in total. The molecule has 7 heteroatoms. The molecule has 0 aliphatic heterocycles. The molecule has 1 saturated carbocycles. The van der Waals surface area contributed by atoms with Gasteiger partial charge in [0.05, 0.1) is 18.6 Å². The summed E-state index contributed by atoms with van der Waals surface area (Å²) in [6, 6.07) is 1.60. The van der Waals surface area contributed by atoms with Crippen LogP contribution in [0.2, 0.25) is 0 Å². The average Bonchev–Trinajstić information content (AvgIpc) is 3.00. The molecule has 0 aromatic carbocycles. The van der Waals surface area contributed by atoms with Crippen molar-refractivity contribution < 1.29 is 14.6 Å². The van der Waals surface area contributed by atoms with Gasteiger partial charge in [0.2, 0.25) is 0 Å². The summed E-state index contributed by atoms with van der Waals surface area (Å²) in [5.41, 5.74) is 1.53. The Balaban J connectivity index is 1.95. The highest BCUT2D eigenvalue weighted by Gasteiger charge is 2.25. The maximum atomic E-state index is 11.4. The molecule has 0 spiro atoms. The lowest BCUT2D eigenvalue weighted by Crippen LogP contribution is -2.20. The van der Waals surface area contributed by atoms with Crippen LogP contribution in [0.1, 0.15) is 47.8 Å². The number of aryl methyl sites for hydroxylation is 1. The third kappa shape index (κ3) is 3.24. The summed E-state index contributed by atoms with van der Waals surface area (Å²) in [4.78, 5) is 24.2. The topological polar surface area (TPSA) is 90.1 Å². The number of aromatic nitrogens is 4. The van der Waals surface area contributed by atoms with Gasteiger partial charge in [0.25, 0.3) is 0 Å². The van der Waals surface area contributed by atoms with Gasteiger partial charge in [0.1, 0.15) is 5.69 Å². The minimum absolute atomic E-state index is 0.0278. The first-order valence-electron chi connectivity index (χ1n) is 7.70. The van der Waals surface area contributed by atoms with Crippen molar-refractivity contribution in [3.8, 4) is 11.5 Å². The second-order valence-corrected chi connectivity index (χ2v) is 5.91. The van der Waals surface area contributed by atoms with E-state index in [1.165, 1.54) is 0 Å². The van der Waals surface area contributed by atoms with E-state index in [2.05, 4.69) is 15.0 Å². The normalized spacial score (nSPS) is 21.3. The molecule has 1 fully saturated rings. The van der Waals surface area contributed by atoms with E-state index in [4.69, 9.17) is 4.74 Å². The van der Waals surface area contributed by atoms with Crippen molar-refractivity contribution in [3.63, 3.8) is 0 Å². The van der Waals surface area contributed by atoms with E-state index < -0.39 is 5.97 Å². The number of aromatic carboxylic acids is 1. The first-order chi connectivity index (χ1) is 11.1. The Hall–Kier alpha value is -2.28. The Morgan fingerprint density at radius 3 is 2.61 bits per heavy atom. The summed E-state index contributed by atoms with van der Waals surface area (Å²) in [6.45, 7) is 0. The number of carboxylic acids is 1. The third-order valence-corrected chi connectivity index (χ3v) is 4.44. The van der Waals surface area contributed by atoms with Gasteiger partial charge in [-0.1, -0.05) is 0 Å². The number of nitrogens with zero attached hydrogens (tertiary/aromatic N) is 4. The molecule has 1 N–H and O–H groups in total. The Labute approximate surface area is 134 Å². The molecule has 2 aromatic heterocycles. The smallest absolute Gasteiger partial charge is 0.354 e. The maximum Gasteiger partial charge on any atom is 0.354 e. The van der Waals surface area contributed by atoms with E-state index in [9.17, 15) is 9.90 Å². The van der Waals surface area contributed by atoms with E-state index in [0.717, 1.165) is 31.4 Å². The molecule has 0 unspecified atom stereocenters. The van der Waals surface area contributed by atoms with Crippen LogP contribution < -0.4 is 0 Å². The minimum atomic E-state index is -1.04. The van der Waals surface area contributed by atoms with Crippen molar-refractivity contribution in [2.24, 2.45) is 7.05 Å². The van der Waals surface area contributed by atoms with Crippen LogP contribution in [0.4, 0.5) is 0 Å². The van der Waals surface area contributed by atoms with Crippen LogP contribution in [-0.4, -0.2) is 43.8 Å². The molecule has 0 radical (unpaired) electrons. The number of hydrogen-bond donors (Lipinski definition) is 1. The Morgan fingerprint density at radius 2 is 2.04 bits per heavy atom. The van der Waals surface area contributed by atoms with Crippen molar-refractivity contribution in [2.75, 3.05) is 7.11 Å². The molecule has 0 saturated heterocycles. The Kier molecular flexibility index (Phi) is 4.38. The standard InChI is InChI=1S/C16H20N4O3/c1-20-9-17-8-14(20)15-18-12(7-13(19-15)16(21)22)10-3-5-11(23-2)6-4-10/h7-11H,3-6H2,1-2H3,(H,21,22). The van der Waals surface area contributed by atoms with Crippen molar-refractivity contribution >= 4 is 5.97 Å². The molecule has 1 aliphatic carbocycles. The Bertz CT molecular complexity index is 705. The second-order valence-electron chi connectivity index (χ2n) is 5.91. The summed E-state index contributed by atoms with van der Waals surface area (Å²) < 4.78 is 7.18. The van der Waals surface area contributed by atoms with Gasteiger partial charge in [-0.15, -0.1) is 0 Å². The van der Waals surface area contributed by atoms with Crippen LogP contribution in [0.5, 0.6) is 0 Å². The van der Waals surface area contributed by atoms with Crippen LogP contribution >= 0.6 is 0 Å². The van der Waals surface area contributed by atoms with E-state index in [-0.39, 0.29) is 11.6 Å². The second kappa shape index (κ2) is 6.45. The molecule has 0 amide bonds. The summed E-state index contributed by atoms with van der Waals surface area (Å²) in [5, 5.41) is 9.35. The number of methoxy groups -OCH3 is 1. The first kappa shape index (κ1) is 15.6. The number of ether oxygens (including phenoxy) is 1. The summed E-state index contributed by atoms with van der Waals surface area (Å²) >= 11 is 0. The predicted octanol–water partition coefficient (Wildman–Crippen LogP) is 2.25. The lowest BCUT2D eigenvalue weighted by atomic mass is 9.85. The third-order valence-electron chi connectivity index (χ3n) is 4.44. The zero-order chi connectivity index (χ0) is 16.4. The molecule has 2 aromatic rings. The van der Waals surface area contributed by atoms with Gasteiger partial charge in [-0.05, 0) is 31.7 Å². The fourth-order valence-corrected chi connectivity index (χ4v) is 3.07. The number of hydrogen-bond acceptors (Lipinski definition) is 5. The molecule has 2 heterocycles. The monoisotopic (exact) mass is 316 g/mol. The number of rotatable bonds is 4. The quantitative estimate of drug-likeness (QED) is 0.930. The lowest BCUT2D eigenvalue weighted by Gasteiger charge is -2.27. The van der Waals surface area contributed by atoms with E-state index in [0.29, 0.717) is 17.6 Å². The van der Waals surface area contributed by atoms with Gasteiger partial charge in [-0.2, -0.15) is 0 Å². The van der Waals surface area contributed by atoms with Crippen LogP contribution in [0.3, 0.4) is 0 Å². The summed E-state index contributed by atoms with van der Waals surface area (Å²) in [7, 11) is 3.57. The van der Waals surface area contributed by atoms with E-state index in [1.807, 2.05) is 7.05 Å². The molecule has 122 valence electrons. The Morgan fingerprint density at radius 1 is 1.30 bits per heavy atom. The zero-order valence-corrected chi connectivity index (χ0v) is 13.3. The van der Waals surface area contributed by atoms with Gasteiger partial charge in [0.15, 0.2) is 11.5 Å². The first-order valence-corrected chi connectivity index (χ1v) is 7.70. The van der Waals surface area contributed by atoms with Gasteiger partial charge in [-0.3, -0.25) is 0 Å². The highest BCUT2D eigenvalue weighted by Crippen LogP contribution is 2.33. The van der Waals surface area contributed by atoms with Crippen LogP contribution in [0.25, 0.3) is 11.5 Å². The fraction of sp³-hybridized carbons (Fsp3) is 0.500. The van der Waals surface area contributed by atoms with Crippen molar-refractivity contribution in [1.82, 2.24) is 19.5 Å². The molecule has 0 atom stereocenters.